The highest BCUT2D eigenvalue weighted by Gasteiger charge is 2.26. The highest BCUT2D eigenvalue weighted by molar-refractivity contribution is 9.10. The minimum Gasteiger partial charge on any atom is -0.316 e. The summed E-state index contributed by atoms with van der Waals surface area (Å²) in [4.78, 5) is 1.48. The summed E-state index contributed by atoms with van der Waals surface area (Å²) in [5, 5.41) is 5.61. The van der Waals surface area contributed by atoms with Crippen molar-refractivity contribution in [1.82, 2.24) is 5.32 Å². The van der Waals surface area contributed by atoms with Crippen LogP contribution in [0.5, 0.6) is 0 Å². The second-order valence-corrected chi connectivity index (χ2v) is 5.84. The van der Waals surface area contributed by atoms with E-state index in [0.29, 0.717) is 6.04 Å². The average molecular weight is 274 g/mol. The number of hydrogen-bond acceptors (Lipinski definition) is 2. The fourth-order valence-corrected chi connectivity index (χ4v) is 3.59. The van der Waals surface area contributed by atoms with E-state index in [-0.39, 0.29) is 0 Å². The van der Waals surface area contributed by atoms with Gasteiger partial charge in [-0.05, 0) is 59.6 Å². The number of nitrogens with one attached hydrogen (secondary N) is 1. The van der Waals surface area contributed by atoms with Gasteiger partial charge in [-0.3, -0.25) is 0 Å². The second-order valence-electron chi connectivity index (χ2n) is 3.98. The van der Waals surface area contributed by atoms with Crippen LogP contribution in [0.4, 0.5) is 0 Å². The maximum Gasteiger partial charge on any atom is 0.0314 e. The van der Waals surface area contributed by atoms with Gasteiger partial charge in [-0.25, -0.2) is 0 Å². The Labute approximate surface area is 98.0 Å². The van der Waals surface area contributed by atoms with Crippen molar-refractivity contribution in [3.63, 3.8) is 0 Å². The molecule has 2 rings (SSSR count). The summed E-state index contributed by atoms with van der Waals surface area (Å²) in [6, 6.07) is 2.83. The van der Waals surface area contributed by atoms with Crippen molar-refractivity contribution in [3.05, 3.63) is 20.8 Å². The van der Waals surface area contributed by atoms with Crippen LogP contribution in [0.3, 0.4) is 0 Å². The normalized spacial score (nSPS) is 19.3. The summed E-state index contributed by atoms with van der Waals surface area (Å²) in [6.45, 7) is 0. The third-order valence-corrected chi connectivity index (χ3v) is 5.13. The van der Waals surface area contributed by atoms with Crippen LogP contribution in [-0.4, -0.2) is 13.1 Å². The van der Waals surface area contributed by atoms with Crippen molar-refractivity contribution in [3.8, 4) is 0 Å². The fraction of sp³-hybridized carbons (Fsp3) is 0.636. The summed E-state index contributed by atoms with van der Waals surface area (Å²) < 4.78 is 1.28. The van der Waals surface area contributed by atoms with Crippen LogP contribution < -0.4 is 5.32 Å². The molecule has 0 spiro atoms. The van der Waals surface area contributed by atoms with Gasteiger partial charge in [0.1, 0.15) is 0 Å². The van der Waals surface area contributed by atoms with Gasteiger partial charge >= 0.3 is 0 Å². The summed E-state index contributed by atoms with van der Waals surface area (Å²) in [5.41, 5.74) is 0. The molecule has 0 saturated heterocycles. The number of halogens is 1. The Kier molecular flexibility index (Phi) is 3.63. The SMILES string of the molecule is CNC(Cc1sccc1Br)C1CCC1. The van der Waals surface area contributed by atoms with Crippen LogP contribution in [0, 0.1) is 5.92 Å². The molecule has 14 heavy (non-hydrogen) atoms. The zero-order valence-corrected chi connectivity index (χ0v) is 10.8. The van der Waals surface area contributed by atoms with Gasteiger partial charge in [0, 0.05) is 15.4 Å². The smallest absolute Gasteiger partial charge is 0.0314 e. The molecule has 1 N–H and O–H groups in total. The van der Waals surface area contributed by atoms with E-state index < -0.39 is 0 Å². The number of thiophene rings is 1. The quantitative estimate of drug-likeness (QED) is 0.886. The lowest BCUT2D eigenvalue weighted by Crippen LogP contribution is -2.38. The van der Waals surface area contributed by atoms with E-state index in [1.54, 1.807) is 0 Å². The lowest BCUT2D eigenvalue weighted by atomic mass is 9.78. The Morgan fingerprint density at radius 1 is 1.64 bits per heavy atom. The van der Waals surface area contributed by atoms with Crippen molar-refractivity contribution in [1.29, 1.82) is 0 Å². The van der Waals surface area contributed by atoms with Gasteiger partial charge in [-0.1, -0.05) is 6.42 Å². The van der Waals surface area contributed by atoms with E-state index in [0.717, 1.165) is 5.92 Å². The van der Waals surface area contributed by atoms with E-state index in [2.05, 4.69) is 39.7 Å². The van der Waals surface area contributed by atoms with Crippen molar-refractivity contribution >= 4 is 27.3 Å². The van der Waals surface area contributed by atoms with Crippen LogP contribution >= 0.6 is 27.3 Å². The zero-order chi connectivity index (χ0) is 9.97. The van der Waals surface area contributed by atoms with Gasteiger partial charge in [0.15, 0.2) is 0 Å². The van der Waals surface area contributed by atoms with Crippen molar-refractivity contribution in [2.45, 2.75) is 31.7 Å². The average Bonchev–Trinajstić information content (AvgIpc) is 2.47. The third kappa shape index (κ3) is 2.20. The van der Waals surface area contributed by atoms with Gasteiger partial charge in [0.2, 0.25) is 0 Å². The maximum absolute atomic E-state index is 3.60. The van der Waals surface area contributed by atoms with Crippen molar-refractivity contribution in [2.24, 2.45) is 5.92 Å². The van der Waals surface area contributed by atoms with E-state index in [9.17, 15) is 0 Å². The number of hydrogen-bond donors (Lipinski definition) is 1. The maximum atomic E-state index is 3.60. The van der Waals surface area contributed by atoms with Gasteiger partial charge < -0.3 is 5.32 Å². The van der Waals surface area contributed by atoms with E-state index in [1.807, 2.05) is 11.3 Å². The van der Waals surface area contributed by atoms with E-state index >= 15 is 0 Å². The van der Waals surface area contributed by atoms with Crippen molar-refractivity contribution in [2.75, 3.05) is 7.05 Å². The molecule has 1 unspecified atom stereocenters. The van der Waals surface area contributed by atoms with Gasteiger partial charge in [0.05, 0.1) is 0 Å². The molecule has 1 saturated carbocycles. The molecule has 78 valence electrons. The Bertz CT molecular complexity index is 293. The molecule has 1 fully saturated rings. The first-order valence-corrected chi connectivity index (χ1v) is 6.87. The fourth-order valence-electron chi connectivity index (χ4n) is 2.02. The molecule has 1 aliphatic carbocycles. The minimum absolute atomic E-state index is 0.679. The molecule has 1 atom stereocenters. The molecule has 3 heteroatoms. The zero-order valence-electron chi connectivity index (χ0n) is 8.42. The van der Waals surface area contributed by atoms with Crippen LogP contribution in [0.2, 0.25) is 0 Å². The standard InChI is InChI=1S/C11H16BrNS/c1-13-10(8-3-2-4-8)7-11-9(12)5-6-14-11/h5-6,8,10,13H,2-4,7H2,1H3. The van der Waals surface area contributed by atoms with Crippen LogP contribution in [0.25, 0.3) is 0 Å². The first-order chi connectivity index (χ1) is 6.81. The molecule has 1 aromatic heterocycles. The summed E-state index contributed by atoms with van der Waals surface area (Å²) in [5.74, 6) is 0.911. The Morgan fingerprint density at radius 3 is 2.86 bits per heavy atom. The second kappa shape index (κ2) is 4.77. The van der Waals surface area contributed by atoms with Crippen molar-refractivity contribution < 1.29 is 0 Å². The lowest BCUT2D eigenvalue weighted by molar-refractivity contribution is 0.236. The minimum atomic E-state index is 0.679. The highest BCUT2D eigenvalue weighted by Crippen LogP contribution is 2.33. The van der Waals surface area contributed by atoms with Crippen LogP contribution in [-0.2, 0) is 6.42 Å². The van der Waals surface area contributed by atoms with Crippen LogP contribution in [0.15, 0.2) is 15.9 Å². The summed E-state index contributed by atoms with van der Waals surface area (Å²) in [7, 11) is 2.09. The van der Waals surface area contributed by atoms with Gasteiger partial charge in [0.25, 0.3) is 0 Å². The highest BCUT2D eigenvalue weighted by atomic mass is 79.9. The first-order valence-electron chi connectivity index (χ1n) is 5.20. The largest absolute Gasteiger partial charge is 0.316 e. The van der Waals surface area contributed by atoms with Gasteiger partial charge in [-0.2, -0.15) is 0 Å². The molecule has 1 aromatic rings. The third-order valence-electron chi connectivity index (χ3n) is 3.19. The number of likely N-dealkylation sites (N-methyl/N-ethyl adjacent to an activating group) is 1. The molecule has 0 amide bonds. The Morgan fingerprint density at radius 2 is 2.43 bits per heavy atom. The molecule has 1 aliphatic rings. The Hall–Kier alpha value is 0.140. The van der Waals surface area contributed by atoms with Gasteiger partial charge in [-0.15, -0.1) is 11.3 Å². The predicted molar refractivity (Wildman–Crippen MR) is 65.9 cm³/mol. The molecule has 0 bridgehead atoms. The summed E-state index contributed by atoms with van der Waals surface area (Å²) in [6.07, 6.45) is 5.43. The molecular formula is C11H16BrNS. The lowest BCUT2D eigenvalue weighted by Gasteiger charge is -2.33. The molecular weight excluding hydrogens is 258 g/mol. The molecule has 1 heterocycles. The topological polar surface area (TPSA) is 12.0 Å². The predicted octanol–water partition coefficient (Wildman–Crippen LogP) is 3.44. The molecule has 0 aliphatic heterocycles. The van der Waals surface area contributed by atoms with E-state index in [4.69, 9.17) is 0 Å². The summed E-state index contributed by atoms with van der Waals surface area (Å²) >= 11 is 5.45. The molecule has 1 nitrogen and oxygen atoms in total. The molecule has 0 aromatic carbocycles. The Balaban J connectivity index is 1.97. The number of rotatable bonds is 4. The molecule has 0 radical (unpaired) electrons. The first kappa shape index (κ1) is 10.7. The van der Waals surface area contributed by atoms with Crippen LogP contribution in [0.1, 0.15) is 24.1 Å². The van der Waals surface area contributed by atoms with E-state index in [1.165, 1.54) is 35.0 Å². The monoisotopic (exact) mass is 273 g/mol.